The van der Waals surface area contributed by atoms with E-state index in [0.29, 0.717) is 25.4 Å². The molecule has 0 aromatic heterocycles. The van der Waals surface area contributed by atoms with Crippen LogP contribution >= 0.6 is 0 Å². The molecule has 0 bridgehead atoms. The van der Waals surface area contributed by atoms with Crippen LogP contribution in [0.5, 0.6) is 5.75 Å². The highest BCUT2D eigenvalue weighted by Gasteiger charge is 2.40. The van der Waals surface area contributed by atoms with Gasteiger partial charge in [0.15, 0.2) is 0 Å². The van der Waals surface area contributed by atoms with Gasteiger partial charge in [-0.3, -0.25) is 24.5 Å². The summed E-state index contributed by atoms with van der Waals surface area (Å²) in [7, 11) is 0. The molecule has 9 heteroatoms. The molecule has 0 saturated carbocycles. The second kappa shape index (κ2) is 9.26. The summed E-state index contributed by atoms with van der Waals surface area (Å²) >= 11 is 0. The van der Waals surface area contributed by atoms with Crippen LogP contribution in [0.2, 0.25) is 0 Å². The Morgan fingerprint density at radius 2 is 1.94 bits per heavy atom. The summed E-state index contributed by atoms with van der Waals surface area (Å²) in [6, 6.07) is 9.61. The van der Waals surface area contributed by atoms with Crippen LogP contribution in [0.25, 0.3) is 0 Å². The van der Waals surface area contributed by atoms with Crippen molar-refractivity contribution in [3.8, 4) is 5.75 Å². The van der Waals surface area contributed by atoms with Crippen LogP contribution in [0.4, 0.5) is 0 Å². The summed E-state index contributed by atoms with van der Waals surface area (Å²) in [6.07, 6.45) is 0.210. The van der Waals surface area contributed by atoms with Gasteiger partial charge >= 0.3 is 0 Å². The molecule has 1 N–H and O–H groups in total. The van der Waals surface area contributed by atoms with Crippen LogP contribution < -0.4 is 10.1 Å². The van der Waals surface area contributed by atoms with E-state index in [4.69, 9.17) is 12.2 Å². The van der Waals surface area contributed by atoms with Crippen molar-refractivity contribution < 1.29 is 31.4 Å². The number of nitrogens with one attached hydrogen (secondary N) is 1. The van der Waals surface area contributed by atoms with E-state index >= 15 is 0 Å². The molecule has 3 heterocycles. The average molecular weight is 466 g/mol. The van der Waals surface area contributed by atoms with E-state index in [1.807, 2.05) is 24.3 Å². The predicted molar refractivity (Wildman–Crippen MR) is 119 cm³/mol. The lowest BCUT2D eigenvalue weighted by atomic mass is 10.0. The molecule has 2 aromatic rings. The molecule has 5 rings (SSSR count). The third kappa shape index (κ3) is 4.38. The maximum Gasteiger partial charge on any atom is 0.255 e. The summed E-state index contributed by atoms with van der Waals surface area (Å²) in [6.45, 7) is 0.627. The average Bonchev–Trinajstić information content (AvgIpc) is 3.12. The van der Waals surface area contributed by atoms with Gasteiger partial charge in [0.1, 0.15) is 25.0 Å². The topological polar surface area (TPSA) is 105 Å². The van der Waals surface area contributed by atoms with E-state index in [1.54, 1.807) is 11.0 Å². The molecule has 0 radical (unpaired) electrons. The van der Waals surface area contributed by atoms with Gasteiger partial charge in [-0.1, -0.05) is 30.3 Å². The molecule has 0 aliphatic carbocycles. The Hall–Kier alpha value is -3.72. The Labute approximate surface area is 199 Å². The standard InChI is InChI=1S/C25H25N3O6/c29-22-9-8-20(24(31)26-22)28-13-19-18(25(28)32)2-1-3-21(19)34-14-17-6-4-16(5-7-17)12-27-10-11-33-15-23(27)30/h1-7,20H,8-15H2,(H,26,29,31)/i2D,13D. The number of ether oxygens (including phenoxy) is 2. The van der Waals surface area contributed by atoms with Crippen molar-refractivity contribution in [2.45, 2.75) is 38.6 Å². The first-order valence-electron chi connectivity index (χ1n) is 12.2. The first-order chi connectivity index (χ1) is 17.3. The predicted octanol–water partition coefficient (Wildman–Crippen LogP) is 1.39. The molecular weight excluding hydrogens is 438 g/mol. The van der Waals surface area contributed by atoms with Gasteiger partial charge < -0.3 is 19.3 Å². The largest absolute Gasteiger partial charge is 0.489 e. The van der Waals surface area contributed by atoms with Crippen molar-refractivity contribution >= 4 is 23.6 Å². The van der Waals surface area contributed by atoms with Crippen molar-refractivity contribution in [3.63, 3.8) is 0 Å². The highest BCUT2D eigenvalue weighted by atomic mass is 16.5. The summed E-state index contributed by atoms with van der Waals surface area (Å²) in [5.74, 6) is -1.34. The molecule has 2 unspecified atom stereocenters. The van der Waals surface area contributed by atoms with Gasteiger partial charge in [-0.15, -0.1) is 0 Å². The summed E-state index contributed by atoms with van der Waals surface area (Å²) in [4.78, 5) is 51.8. The molecule has 176 valence electrons. The number of morpholine rings is 1. The van der Waals surface area contributed by atoms with Crippen molar-refractivity contribution in [3.05, 3.63) is 64.7 Å². The number of carbonyl (C=O) groups is 4. The van der Waals surface area contributed by atoms with E-state index in [1.165, 1.54) is 6.07 Å². The number of nitrogens with zero attached hydrogens (tertiary/aromatic N) is 2. The van der Waals surface area contributed by atoms with Gasteiger partial charge in [0.2, 0.25) is 17.7 Å². The molecule has 4 amide bonds. The van der Waals surface area contributed by atoms with Crippen LogP contribution in [0.3, 0.4) is 0 Å². The zero-order valence-corrected chi connectivity index (χ0v) is 18.4. The maximum atomic E-state index is 13.1. The summed E-state index contributed by atoms with van der Waals surface area (Å²) in [5.41, 5.74) is 2.12. The lowest BCUT2D eigenvalue weighted by molar-refractivity contribution is -0.143. The van der Waals surface area contributed by atoms with Crippen LogP contribution in [-0.2, 0) is 38.8 Å². The second-order valence-corrected chi connectivity index (χ2v) is 8.41. The fourth-order valence-corrected chi connectivity index (χ4v) is 4.27. The van der Waals surface area contributed by atoms with Crippen molar-refractivity contribution in [2.24, 2.45) is 0 Å². The van der Waals surface area contributed by atoms with Crippen molar-refractivity contribution in [1.82, 2.24) is 15.1 Å². The zero-order valence-electron chi connectivity index (χ0n) is 20.4. The first kappa shape index (κ1) is 19.7. The second-order valence-electron chi connectivity index (χ2n) is 8.41. The molecule has 2 atom stereocenters. The van der Waals surface area contributed by atoms with Gasteiger partial charge in [0.25, 0.3) is 5.91 Å². The van der Waals surface area contributed by atoms with Gasteiger partial charge in [-0.05, 0) is 29.7 Å². The fraction of sp³-hybridized carbons (Fsp3) is 0.360. The van der Waals surface area contributed by atoms with E-state index in [9.17, 15) is 19.2 Å². The molecule has 2 aromatic carbocycles. The van der Waals surface area contributed by atoms with E-state index in [0.717, 1.165) is 16.0 Å². The monoisotopic (exact) mass is 465 g/mol. The smallest absolute Gasteiger partial charge is 0.255 e. The Morgan fingerprint density at radius 3 is 2.71 bits per heavy atom. The molecule has 3 aliphatic heterocycles. The number of hydrogen-bond donors (Lipinski definition) is 1. The maximum absolute atomic E-state index is 13.1. The van der Waals surface area contributed by atoms with Crippen LogP contribution in [0, 0.1) is 0 Å². The quantitative estimate of drug-likeness (QED) is 0.647. The van der Waals surface area contributed by atoms with Crippen LogP contribution in [-0.4, -0.2) is 59.2 Å². The molecule has 34 heavy (non-hydrogen) atoms. The molecule has 2 fully saturated rings. The minimum atomic E-state index is -1.23. The Morgan fingerprint density at radius 1 is 1.15 bits per heavy atom. The normalized spacial score (nSPS) is 23.4. The number of rotatable bonds is 6. The number of benzene rings is 2. The van der Waals surface area contributed by atoms with Crippen molar-refractivity contribution in [2.75, 3.05) is 19.8 Å². The molecule has 3 aliphatic rings. The molecule has 0 spiro atoms. The molecule has 2 saturated heterocycles. The first-order valence-corrected chi connectivity index (χ1v) is 11.1. The number of hydrogen-bond acceptors (Lipinski definition) is 6. The summed E-state index contributed by atoms with van der Waals surface area (Å²) < 4.78 is 28.1. The minimum absolute atomic E-state index is 0.0359. The number of amides is 4. The Kier molecular flexibility index (Phi) is 5.37. The Balaban J connectivity index is 1.30. The zero-order chi connectivity index (χ0) is 25.4. The molecular formula is C25H25N3O6. The number of fused-ring (bicyclic) bond motifs is 1. The summed E-state index contributed by atoms with van der Waals surface area (Å²) in [5, 5.41) is 2.22. The highest BCUT2D eigenvalue weighted by molar-refractivity contribution is 6.05. The van der Waals surface area contributed by atoms with Crippen LogP contribution in [0.15, 0.2) is 42.4 Å². The van der Waals surface area contributed by atoms with E-state index in [2.05, 4.69) is 5.32 Å². The van der Waals surface area contributed by atoms with Gasteiger partial charge in [-0.25, -0.2) is 0 Å². The van der Waals surface area contributed by atoms with Crippen LogP contribution in [0.1, 0.15) is 42.6 Å². The third-order valence-corrected chi connectivity index (χ3v) is 6.13. The van der Waals surface area contributed by atoms with Crippen molar-refractivity contribution in [1.29, 1.82) is 0 Å². The SMILES string of the molecule is [2H]c1ccc(OCc2ccc(CN3CCOCC3=O)cc2)c2c1C(=O)N(C1CCC(=O)NC1=O)C2[2H]. The number of imide groups is 1. The highest BCUT2D eigenvalue weighted by Crippen LogP contribution is 2.34. The van der Waals surface area contributed by atoms with E-state index in [-0.39, 0.29) is 49.1 Å². The van der Waals surface area contributed by atoms with Gasteiger partial charge in [0, 0.05) is 30.6 Å². The Bertz CT molecular complexity index is 1240. The van der Waals surface area contributed by atoms with Gasteiger partial charge in [0.05, 0.1) is 15.9 Å². The lowest BCUT2D eigenvalue weighted by Crippen LogP contribution is -2.52. The number of piperidine rings is 1. The minimum Gasteiger partial charge on any atom is -0.489 e. The lowest BCUT2D eigenvalue weighted by Gasteiger charge is -2.29. The third-order valence-electron chi connectivity index (χ3n) is 6.13. The molecule has 9 nitrogen and oxygen atoms in total. The van der Waals surface area contributed by atoms with Gasteiger partial charge in [-0.2, -0.15) is 0 Å². The fourth-order valence-electron chi connectivity index (χ4n) is 4.27. The number of carbonyl (C=O) groups excluding carboxylic acids is 4. The van der Waals surface area contributed by atoms with E-state index < -0.39 is 30.3 Å².